The smallest absolute Gasteiger partial charge is 0.273 e. The second kappa shape index (κ2) is 8.77. The highest BCUT2D eigenvalue weighted by atomic mass is 35.5. The predicted molar refractivity (Wildman–Crippen MR) is 123 cm³/mol. The van der Waals surface area contributed by atoms with Crippen molar-refractivity contribution >= 4 is 28.4 Å². The van der Waals surface area contributed by atoms with Gasteiger partial charge in [0.05, 0.1) is 23.3 Å². The van der Waals surface area contributed by atoms with Gasteiger partial charge in [0, 0.05) is 47.4 Å². The topological polar surface area (TPSA) is 87.7 Å². The molecule has 0 saturated heterocycles. The van der Waals surface area contributed by atoms with Gasteiger partial charge in [-0.15, -0.1) is 0 Å². The van der Waals surface area contributed by atoms with E-state index in [1.165, 1.54) is 0 Å². The fourth-order valence-electron chi connectivity index (χ4n) is 3.63. The largest absolute Gasteiger partial charge is 0.336 e. The maximum Gasteiger partial charge on any atom is 0.273 e. The van der Waals surface area contributed by atoms with Gasteiger partial charge in [0.15, 0.2) is 5.82 Å². The van der Waals surface area contributed by atoms with Crippen molar-refractivity contribution in [2.24, 2.45) is 0 Å². The van der Waals surface area contributed by atoms with E-state index in [0.717, 1.165) is 17.8 Å². The van der Waals surface area contributed by atoms with Crippen LogP contribution < -0.4 is 0 Å². The molecule has 0 fully saturated rings. The highest BCUT2D eigenvalue weighted by molar-refractivity contribution is 6.31. The zero-order valence-electron chi connectivity index (χ0n) is 18.0. The molecular formula is C24H21ClN6O. The number of nitrogens with zero attached hydrogens (tertiary/aromatic N) is 6. The summed E-state index contributed by atoms with van der Waals surface area (Å²) in [4.78, 5) is 24.3. The maximum absolute atomic E-state index is 13.5. The quantitative estimate of drug-likeness (QED) is 0.448. The molecule has 0 unspecified atom stereocenters. The van der Waals surface area contributed by atoms with E-state index < -0.39 is 0 Å². The minimum absolute atomic E-state index is 0.239. The van der Waals surface area contributed by atoms with Gasteiger partial charge in [0.25, 0.3) is 5.91 Å². The van der Waals surface area contributed by atoms with Gasteiger partial charge in [0.1, 0.15) is 5.69 Å². The van der Waals surface area contributed by atoms with Crippen molar-refractivity contribution < 1.29 is 4.79 Å². The third kappa shape index (κ3) is 3.93. The van der Waals surface area contributed by atoms with E-state index in [9.17, 15) is 10.1 Å². The predicted octanol–water partition coefficient (Wildman–Crippen LogP) is 4.62. The molecule has 0 aliphatic heterocycles. The molecule has 0 bridgehead atoms. The molecule has 32 heavy (non-hydrogen) atoms. The van der Waals surface area contributed by atoms with Crippen LogP contribution in [-0.2, 0) is 13.1 Å². The van der Waals surface area contributed by atoms with Gasteiger partial charge < -0.3 is 4.90 Å². The first-order valence-corrected chi connectivity index (χ1v) is 10.5. The molecule has 0 spiro atoms. The van der Waals surface area contributed by atoms with Crippen molar-refractivity contribution in [1.82, 2.24) is 24.6 Å². The van der Waals surface area contributed by atoms with Crippen LogP contribution in [0.3, 0.4) is 0 Å². The molecule has 7 nitrogen and oxygen atoms in total. The van der Waals surface area contributed by atoms with E-state index in [4.69, 9.17) is 11.6 Å². The van der Waals surface area contributed by atoms with Gasteiger partial charge in [-0.2, -0.15) is 10.4 Å². The Labute approximate surface area is 190 Å². The second-order valence-corrected chi connectivity index (χ2v) is 7.88. The van der Waals surface area contributed by atoms with Gasteiger partial charge in [-0.3, -0.25) is 9.48 Å². The summed E-state index contributed by atoms with van der Waals surface area (Å²) in [6, 6.07) is 14.4. The van der Waals surface area contributed by atoms with Crippen LogP contribution >= 0.6 is 11.6 Å². The van der Waals surface area contributed by atoms with Gasteiger partial charge in [-0.25, -0.2) is 9.97 Å². The van der Waals surface area contributed by atoms with Crippen LogP contribution in [0.4, 0.5) is 0 Å². The number of amides is 1. The van der Waals surface area contributed by atoms with E-state index in [1.54, 1.807) is 54.5 Å². The zero-order chi connectivity index (χ0) is 22.8. The van der Waals surface area contributed by atoms with E-state index in [-0.39, 0.29) is 11.6 Å². The van der Waals surface area contributed by atoms with Crippen molar-refractivity contribution in [2.75, 3.05) is 7.05 Å². The van der Waals surface area contributed by atoms with Crippen LogP contribution in [0.15, 0.2) is 48.7 Å². The van der Waals surface area contributed by atoms with Crippen LogP contribution in [0, 0.1) is 18.3 Å². The lowest BCUT2D eigenvalue weighted by Crippen LogP contribution is -2.28. The van der Waals surface area contributed by atoms with Gasteiger partial charge in [-0.1, -0.05) is 23.7 Å². The van der Waals surface area contributed by atoms with Crippen molar-refractivity contribution in [1.29, 1.82) is 5.26 Å². The summed E-state index contributed by atoms with van der Waals surface area (Å²) in [6.07, 6.45) is 1.78. The summed E-state index contributed by atoms with van der Waals surface area (Å²) in [5.74, 6) is 0.0581. The SMILES string of the molecule is CCn1ncc(CN(C)C(=O)c2nc(-c3ccccc3C#N)nc3ccc(Cl)cc23)c1C. The van der Waals surface area contributed by atoms with Crippen molar-refractivity contribution in [3.63, 3.8) is 0 Å². The fourth-order valence-corrected chi connectivity index (χ4v) is 3.80. The van der Waals surface area contributed by atoms with E-state index in [2.05, 4.69) is 21.1 Å². The van der Waals surface area contributed by atoms with Crippen LogP contribution in [0.1, 0.15) is 34.2 Å². The summed E-state index contributed by atoms with van der Waals surface area (Å²) in [6.45, 7) is 5.16. The number of nitriles is 1. The normalized spacial score (nSPS) is 10.8. The Hall–Kier alpha value is -3.76. The Morgan fingerprint density at radius 1 is 1.22 bits per heavy atom. The number of hydrogen-bond donors (Lipinski definition) is 0. The summed E-state index contributed by atoms with van der Waals surface area (Å²) < 4.78 is 1.89. The molecule has 0 aliphatic carbocycles. The number of fused-ring (bicyclic) bond motifs is 1. The standard InChI is InChI=1S/C24H21ClN6O/c1-4-31-15(2)17(13-27-31)14-30(3)24(32)22-20-11-18(25)9-10-21(20)28-23(29-22)19-8-6-5-7-16(19)12-26/h5-11,13H,4,14H2,1-3H3. The van der Waals surface area contributed by atoms with Gasteiger partial charge in [-0.05, 0) is 44.2 Å². The average molecular weight is 445 g/mol. The summed E-state index contributed by atoms with van der Waals surface area (Å²) >= 11 is 6.21. The third-order valence-electron chi connectivity index (χ3n) is 5.41. The van der Waals surface area contributed by atoms with Crippen molar-refractivity contribution in [3.05, 3.63) is 76.2 Å². The first-order valence-electron chi connectivity index (χ1n) is 10.2. The molecule has 0 radical (unpaired) electrons. The Morgan fingerprint density at radius 2 is 2.00 bits per heavy atom. The lowest BCUT2D eigenvalue weighted by Gasteiger charge is -2.18. The highest BCUT2D eigenvalue weighted by Crippen LogP contribution is 2.27. The summed E-state index contributed by atoms with van der Waals surface area (Å²) in [7, 11) is 1.73. The van der Waals surface area contributed by atoms with Gasteiger partial charge in [0.2, 0.25) is 0 Å². The van der Waals surface area contributed by atoms with Crippen molar-refractivity contribution in [3.8, 4) is 17.5 Å². The molecule has 4 aromatic rings. The number of rotatable bonds is 5. The van der Waals surface area contributed by atoms with E-state index in [1.807, 2.05) is 24.6 Å². The number of aromatic nitrogens is 4. The number of aryl methyl sites for hydroxylation is 1. The van der Waals surface area contributed by atoms with E-state index >= 15 is 0 Å². The van der Waals surface area contributed by atoms with E-state index in [0.29, 0.717) is 39.4 Å². The number of hydrogen-bond acceptors (Lipinski definition) is 5. The van der Waals surface area contributed by atoms with Gasteiger partial charge >= 0.3 is 0 Å². The molecule has 0 N–H and O–H groups in total. The number of benzene rings is 2. The molecule has 4 rings (SSSR count). The fraction of sp³-hybridized carbons (Fsp3) is 0.208. The number of carbonyl (C=O) groups is 1. The Balaban J connectivity index is 1.81. The molecular weight excluding hydrogens is 424 g/mol. The molecule has 2 aromatic heterocycles. The third-order valence-corrected chi connectivity index (χ3v) is 5.64. The van der Waals surface area contributed by atoms with Crippen molar-refractivity contribution in [2.45, 2.75) is 26.9 Å². The summed E-state index contributed by atoms with van der Waals surface area (Å²) in [5.41, 5.74) is 3.82. The Kier molecular flexibility index (Phi) is 5.89. The van der Waals surface area contributed by atoms with Crippen LogP contribution in [0.25, 0.3) is 22.3 Å². The van der Waals surface area contributed by atoms with Crippen LogP contribution in [0.2, 0.25) is 5.02 Å². The maximum atomic E-state index is 13.5. The summed E-state index contributed by atoms with van der Waals surface area (Å²) in [5, 5.41) is 14.9. The Bertz CT molecular complexity index is 1370. The monoisotopic (exact) mass is 444 g/mol. The molecule has 1 amide bonds. The van der Waals surface area contributed by atoms with Crippen LogP contribution in [-0.4, -0.2) is 37.6 Å². The molecule has 0 saturated carbocycles. The Morgan fingerprint density at radius 3 is 2.72 bits per heavy atom. The zero-order valence-corrected chi connectivity index (χ0v) is 18.8. The second-order valence-electron chi connectivity index (χ2n) is 7.45. The minimum atomic E-state index is -0.265. The first kappa shape index (κ1) is 21.5. The molecule has 0 atom stereocenters. The number of carbonyl (C=O) groups excluding carboxylic acids is 1. The highest BCUT2D eigenvalue weighted by Gasteiger charge is 2.21. The lowest BCUT2D eigenvalue weighted by atomic mass is 10.1. The molecule has 2 aromatic carbocycles. The molecule has 0 aliphatic rings. The van der Waals surface area contributed by atoms with Crippen LogP contribution in [0.5, 0.6) is 0 Å². The molecule has 8 heteroatoms. The average Bonchev–Trinajstić information content (AvgIpc) is 3.16. The molecule has 2 heterocycles. The minimum Gasteiger partial charge on any atom is -0.336 e. The number of halogens is 1. The molecule has 160 valence electrons. The first-order chi connectivity index (χ1) is 15.4. The lowest BCUT2D eigenvalue weighted by molar-refractivity contribution is 0.0781.